The maximum atomic E-state index is 13.1. The molecule has 0 bridgehead atoms. The fraction of sp³-hybridized carbons (Fsp3) is 0.200. The van der Waals surface area contributed by atoms with Crippen molar-refractivity contribution in [3.05, 3.63) is 69.3 Å². The van der Waals surface area contributed by atoms with E-state index in [0.717, 1.165) is 10.6 Å². The molecular weight excluding hydrogens is 406 g/mol. The van der Waals surface area contributed by atoms with Gasteiger partial charge in [0, 0.05) is 17.1 Å². The zero-order valence-electron chi connectivity index (χ0n) is 15.3. The normalized spacial score (nSPS) is 15.5. The maximum Gasteiger partial charge on any atom is 0.265 e. The highest BCUT2D eigenvalue weighted by molar-refractivity contribution is 7.99. The number of thiophene rings is 1. The molecular formula is C20H17N5O2S2. The van der Waals surface area contributed by atoms with Gasteiger partial charge in [-0.2, -0.15) is 5.10 Å². The molecule has 0 radical (unpaired) electrons. The van der Waals surface area contributed by atoms with Crippen molar-refractivity contribution in [2.45, 2.75) is 24.2 Å². The monoisotopic (exact) mass is 423 g/mol. The van der Waals surface area contributed by atoms with Gasteiger partial charge in [-0.1, -0.05) is 36.0 Å². The van der Waals surface area contributed by atoms with Crippen molar-refractivity contribution in [3.63, 3.8) is 0 Å². The van der Waals surface area contributed by atoms with Gasteiger partial charge in [0.15, 0.2) is 10.8 Å². The van der Waals surface area contributed by atoms with Crippen molar-refractivity contribution in [3.8, 4) is 5.69 Å². The van der Waals surface area contributed by atoms with Crippen molar-refractivity contribution >= 4 is 40.0 Å². The quantitative estimate of drug-likeness (QED) is 0.499. The first-order valence-corrected chi connectivity index (χ1v) is 11.0. The third-order valence-electron chi connectivity index (χ3n) is 4.83. The van der Waals surface area contributed by atoms with Gasteiger partial charge in [-0.05, 0) is 23.6 Å². The lowest BCUT2D eigenvalue weighted by atomic mass is 10.2. The summed E-state index contributed by atoms with van der Waals surface area (Å²) in [6.07, 6.45) is 1.81. The molecule has 1 N–H and O–H groups in total. The number of carbonyl (C=O) groups excluding carboxylic acids is 1. The molecule has 1 amide bonds. The molecule has 0 saturated heterocycles. The molecule has 4 aromatic rings. The molecule has 0 fully saturated rings. The largest absolute Gasteiger partial charge is 0.351 e. The van der Waals surface area contributed by atoms with Crippen LogP contribution in [0.3, 0.4) is 0 Å². The number of hydrogen-bond donors (Lipinski definition) is 1. The Morgan fingerprint density at radius 2 is 2.07 bits per heavy atom. The average Bonchev–Trinajstić information content (AvgIpc) is 3.48. The second-order valence-corrected chi connectivity index (χ2v) is 8.74. The number of aromatic nitrogens is 4. The summed E-state index contributed by atoms with van der Waals surface area (Å²) in [5.74, 6) is 0.587. The minimum absolute atomic E-state index is 0.0659. The summed E-state index contributed by atoms with van der Waals surface area (Å²) < 4.78 is 3.33. The lowest BCUT2D eigenvalue weighted by Crippen LogP contribution is -2.30. The van der Waals surface area contributed by atoms with E-state index in [1.54, 1.807) is 26.8 Å². The van der Waals surface area contributed by atoms with Crippen LogP contribution >= 0.6 is 23.1 Å². The van der Waals surface area contributed by atoms with E-state index in [0.29, 0.717) is 28.5 Å². The van der Waals surface area contributed by atoms with Gasteiger partial charge < -0.3 is 5.32 Å². The second kappa shape index (κ2) is 7.49. The number of carbonyl (C=O) groups is 1. The number of amides is 1. The highest BCUT2D eigenvalue weighted by Crippen LogP contribution is 2.33. The highest BCUT2D eigenvalue weighted by Gasteiger charge is 2.29. The Labute approximate surface area is 174 Å². The molecule has 1 atom stereocenters. The number of thioether (sulfide) groups is 1. The Bertz CT molecular complexity index is 1230. The topological polar surface area (TPSA) is 81.8 Å². The molecule has 0 saturated carbocycles. The number of benzene rings is 1. The van der Waals surface area contributed by atoms with Crippen LogP contribution in [0.15, 0.2) is 64.0 Å². The molecule has 1 aromatic carbocycles. The molecule has 9 heteroatoms. The fourth-order valence-electron chi connectivity index (χ4n) is 3.42. The maximum absolute atomic E-state index is 13.1. The van der Waals surface area contributed by atoms with Gasteiger partial charge in [-0.25, -0.2) is 9.67 Å². The predicted octanol–water partition coefficient (Wildman–Crippen LogP) is 3.00. The van der Waals surface area contributed by atoms with E-state index in [1.165, 1.54) is 11.8 Å². The van der Waals surface area contributed by atoms with Crippen LogP contribution in [0.25, 0.3) is 16.7 Å². The van der Waals surface area contributed by atoms with Gasteiger partial charge in [0.25, 0.3) is 5.56 Å². The minimum Gasteiger partial charge on any atom is -0.351 e. The molecule has 146 valence electrons. The first-order chi connectivity index (χ1) is 14.2. The summed E-state index contributed by atoms with van der Waals surface area (Å²) >= 11 is 3.11. The average molecular weight is 424 g/mol. The van der Waals surface area contributed by atoms with Crippen LogP contribution in [0.5, 0.6) is 0 Å². The SMILES string of the molecule is O=C(CC1CSc2nc3c(cnn3-c3ccccc3)c(=O)n21)NCc1cccs1. The molecule has 1 aliphatic rings. The first kappa shape index (κ1) is 18.1. The number of rotatable bonds is 5. The smallest absolute Gasteiger partial charge is 0.265 e. The molecule has 1 unspecified atom stereocenters. The summed E-state index contributed by atoms with van der Waals surface area (Å²) in [4.78, 5) is 31.3. The van der Waals surface area contributed by atoms with E-state index in [9.17, 15) is 9.59 Å². The molecule has 5 rings (SSSR count). The minimum atomic E-state index is -0.206. The van der Waals surface area contributed by atoms with Crippen molar-refractivity contribution in [1.29, 1.82) is 0 Å². The van der Waals surface area contributed by atoms with E-state index in [1.807, 2.05) is 47.8 Å². The molecule has 7 nitrogen and oxygen atoms in total. The molecule has 0 aliphatic carbocycles. The van der Waals surface area contributed by atoms with Gasteiger partial charge in [0.2, 0.25) is 5.91 Å². The van der Waals surface area contributed by atoms with Crippen molar-refractivity contribution in [2.24, 2.45) is 0 Å². The summed E-state index contributed by atoms with van der Waals surface area (Å²) in [5.41, 5.74) is 1.25. The van der Waals surface area contributed by atoms with Gasteiger partial charge in [0.1, 0.15) is 5.39 Å². The Hall–Kier alpha value is -2.91. The number of fused-ring (bicyclic) bond motifs is 2. The van der Waals surface area contributed by atoms with Crippen LogP contribution in [0.2, 0.25) is 0 Å². The summed E-state index contributed by atoms with van der Waals surface area (Å²) in [5, 5.41) is 10.4. The molecule has 4 heterocycles. The van der Waals surface area contributed by atoms with Gasteiger partial charge in [-0.3, -0.25) is 14.2 Å². The van der Waals surface area contributed by atoms with Gasteiger partial charge in [0.05, 0.1) is 24.5 Å². The number of nitrogens with zero attached hydrogens (tertiary/aromatic N) is 4. The predicted molar refractivity (Wildman–Crippen MR) is 114 cm³/mol. The third-order valence-corrected chi connectivity index (χ3v) is 6.81. The van der Waals surface area contributed by atoms with Gasteiger partial charge >= 0.3 is 0 Å². The van der Waals surface area contributed by atoms with Crippen LogP contribution in [0.1, 0.15) is 17.3 Å². The summed E-state index contributed by atoms with van der Waals surface area (Å²) in [6.45, 7) is 0.513. The molecule has 29 heavy (non-hydrogen) atoms. The molecule has 1 aliphatic heterocycles. The van der Waals surface area contributed by atoms with Crippen molar-refractivity contribution < 1.29 is 4.79 Å². The lowest BCUT2D eigenvalue weighted by Gasteiger charge is -2.13. The van der Waals surface area contributed by atoms with Crippen LogP contribution in [0, 0.1) is 0 Å². The first-order valence-electron chi connectivity index (χ1n) is 9.18. The van der Waals surface area contributed by atoms with E-state index in [-0.39, 0.29) is 23.9 Å². The van der Waals surface area contributed by atoms with Crippen LogP contribution in [-0.2, 0) is 11.3 Å². The van der Waals surface area contributed by atoms with Crippen LogP contribution < -0.4 is 10.9 Å². The Morgan fingerprint density at radius 3 is 2.86 bits per heavy atom. The molecule has 3 aromatic heterocycles. The zero-order chi connectivity index (χ0) is 19.8. The third kappa shape index (κ3) is 3.36. The Kier molecular flexibility index (Phi) is 4.69. The number of nitrogens with one attached hydrogen (secondary N) is 1. The fourth-order valence-corrected chi connectivity index (χ4v) is 5.20. The van der Waals surface area contributed by atoms with E-state index in [2.05, 4.69) is 10.4 Å². The molecule has 0 spiro atoms. The standard InChI is InChI=1S/C20H17N5O2S2/c26-17(21-10-15-7-4-8-28-15)9-14-12-29-20-23-18-16(19(27)24(14)20)11-22-25(18)13-5-2-1-3-6-13/h1-8,11,14H,9-10,12H2,(H,21,26). The van der Waals surface area contributed by atoms with E-state index < -0.39 is 0 Å². The number of hydrogen-bond acceptors (Lipinski definition) is 6. The highest BCUT2D eigenvalue weighted by atomic mass is 32.2. The van der Waals surface area contributed by atoms with Gasteiger partial charge in [-0.15, -0.1) is 11.3 Å². The van der Waals surface area contributed by atoms with Crippen molar-refractivity contribution in [1.82, 2.24) is 24.6 Å². The Balaban J connectivity index is 1.42. The number of para-hydroxylation sites is 1. The Morgan fingerprint density at radius 1 is 1.21 bits per heavy atom. The second-order valence-electron chi connectivity index (χ2n) is 6.72. The summed E-state index contributed by atoms with van der Waals surface area (Å²) in [7, 11) is 0. The lowest BCUT2D eigenvalue weighted by molar-refractivity contribution is -0.121. The van der Waals surface area contributed by atoms with Crippen LogP contribution in [0.4, 0.5) is 0 Å². The van der Waals surface area contributed by atoms with E-state index >= 15 is 0 Å². The zero-order valence-corrected chi connectivity index (χ0v) is 16.9. The van der Waals surface area contributed by atoms with Crippen LogP contribution in [-0.4, -0.2) is 31.0 Å². The summed E-state index contributed by atoms with van der Waals surface area (Å²) in [6, 6.07) is 13.4. The van der Waals surface area contributed by atoms with E-state index in [4.69, 9.17) is 4.98 Å². The van der Waals surface area contributed by atoms with Crippen molar-refractivity contribution in [2.75, 3.05) is 5.75 Å².